The molecule has 4 heterocycles. The molecule has 0 amide bonds. The minimum atomic E-state index is -1.09. The zero-order valence-corrected chi connectivity index (χ0v) is 16.4. The van der Waals surface area contributed by atoms with Crippen LogP contribution in [0.4, 0.5) is 0 Å². The van der Waals surface area contributed by atoms with Gasteiger partial charge in [-0.05, 0) is 49.4 Å². The first-order chi connectivity index (χ1) is 13.1. The van der Waals surface area contributed by atoms with Crippen LogP contribution in [0.3, 0.4) is 0 Å². The van der Waals surface area contributed by atoms with Crippen LogP contribution >= 0.6 is 11.6 Å². The first-order valence-corrected chi connectivity index (χ1v) is 10.9. The molecule has 140 valence electrons. The molecule has 1 atom stereocenters. The van der Waals surface area contributed by atoms with Crippen LogP contribution in [-0.2, 0) is 16.4 Å². The summed E-state index contributed by atoms with van der Waals surface area (Å²) >= 11 is 5.87. The van der Waals surface area contributed by atoms with Crippen LogP contribution in [0.15, 0.2) is 47.0 Å². The smallest absolute Gasteiger partial charge is 0.219 e. The number of halogens is 1. The highest BCUT2D eigenvalue weighted by atomic mass is 35.5. The summed E-state index contributed by atoms with van der Waals surface area (Å²) in [6.45, 7) is 0.862. The van der Waals surface area contributed by atoms with Gasteiger partial charge < -0.3 is 9.64 Å². The van der Waals surface area contributed by atoms with E-state index in [0.717, 1.165) is 31.0 Å². The highest BCUT2D eigenvalue weighted by molar-refractivity contribution is 7.83. The second-order valence-electron chi connectivity index (χ2n) is 7.39. The fourth-order valence-electron chi connectivity index (χ4n) is 4.63. The summed E-state index contributed by atoms with van der Waals surface area (Å²) in [5.74, 6) is 2.95. The average Bonchev–Trinajstić information content (AvgIpc) is 2.71. The standard InChI is InChI=1S/C20H20ClN3O2S/c21-15-3-6-18(22-13-15)26-17-4-1-14(2-5-17)20-9-7-16(8-10-20)24-11-12-27(25)23-19(20)24/h1-6,13,16H,7-12H2. The molecule has 0 N–H and O–H groups in total. The van der Waals surface area contributed by atoms with Gasteiger partial charge in [-0.2, -0.15) is 4.40 Å². The van der Waals surface area contributed by atoms with Gasteiger partial charge in [0, 0.05) is 24.8 Å². The Morgan fingerprint density at radius 3 is 2.63 bits per heavy atom. The molecule has 3 aliphatic heterocycles. The molecule has 1 saturated carbocycles. The van der Waals surface area contributed by atoms with E-state index in [0.29, 0.717) is 22.7 Å². The van der Waals surface area contributed by atoms with E-state index in [1.165, 1.54) is 18.4 Å². The summed E-state index contributed by atoms with van der Waals surface area (Å²) in [6.07, 6.45) is 6.07. The van der Waals surface area contributed by atoms with Gasteiger partial charge in [0.2, 0.25) is 5.88 Å². The number of fused-ring (bicyclic) bond motifs is 2. The van der Waals surface area contributed by atoms with Gasteiger partial charge in [0.1, 0.15) is 22.6 Å². The van der Waals surface area contributed by atoms with E-state index in [-0.39, 0.29) is 5.41 Å². The van der Waals surface area contributed by atoms with Crippen LogP contribution in [0, 0.1) is 0 Å². The summed E-state index contributed by atoms with van der Waals surface area (Å²) < 4.78 is 22.5. The van der Waals surface area contributed by atoms with Crippen molar-refractivity contribution in [1.29, 1.82) is 0 Å². The third kappa shape index (κ3) is 2.95. The van der Waals surface area contributed by atoms with Crippen molar-refractivity contribution < 1.29 is 8.95 Å². The maximum atomic E-state index is 12.1. The number of pyridine rings is 1. The maximum absolute atomic E-state index is 12.1. The van der Waals surface area contributed by atoms with Crippen molar-refractivity contribution in [1.82, 2.24) is 9.88 Å². The Labute approximate surface area is 166 Å². The lowest BCUT2D eigenvalue weighted by Crippen LogP contribution is -2.62. The van der Waals surface area contributed by atoms with E-state index in [1.807, 2.05) is 12.1 Å². The summed E-state index contributed by atoms with van der Waals surface area (Å²) in [5.41, 5.74) is 1.13. The van der Waals surface area contributed by atoms with Crippen LogP contribution in [0.25, 0.3) is 0 Å². The highest BCUT2D eigenvalue weighted by Gasteiger charge is 2.51. The van der Waals surface area contributed by atoms with E-state index >= 15 is 0 Å². The van der Waals surface area contributed by atoms with Crippen molar-refractivity contribution in [2.75, 3.05) is 12.3 Å². The molecule has 1 aromatic heterocycles. The molecule has 2 bridgehead atoms. The Morgan fingerprint density at radius 2 is 1.93 bits per heavy atom. The molecule has 1 aromatic carbocycles. The van der Waals surface area contributed by atoms with Crippen molar-refractivity contribution in [2.45, 2.75) is 37.1 Å². The van der Waals surface area contributed by atoms with Gasteiger partial charge in [0.15, 0.2) is 0 Å². The molecule has 2 saturated heterocycles. The lowest BCUT2D eigenvalue weighted by Gasteiger charge is -2.55. The third-order valence-corrected chi connectivity index (χ3v) is 7.11. The Kier molecular flexibility index (Phi) is 4.20. The first-order valence-electron chi connectivity index (χ1n) is 9.28. The predicted octanol–water partition coefficient (Wildman–Crippen LogP) is 4.10. The molecule has 4 aliphatic rings. The lowest BCUT2D eigenvalue weighted by atomic mass is 9.63. The van der Waals surface area contributed by atoms with Crippen molar-refractivity contribution >= 4 is 28.4 Å². The average molecular weight is 402 g/mol. The second-order valence-corrected chi connectivity index (χ2v) is 9.06. The van der Waals surface area contributed by atoms with Gasteiger partial charge in [0.05, 0.1) is 16.2 Å². The number of piperidine rings is 2. The van der Waals surface area contributed by atoms with Crippen molar-refractivity contribution in [3.05, 3.63) is 53.2 Å². The fraction of sp³-hybridized carbons (Fsp3) is 0.400. The van der Waals surface area contributed by atoms with Crippen LogP contribution < -0.4 is 4.74 Å². The number of hydrogen-bond donors (Lipinski definition) is 0. The Morgan fingerprint density at radius 1 is 1.15 bits per heavy atom. The molecular formula is C20H20ClN3O2S. The van der Waals surface area contributed by atoms with Gasteiger partial charge >= 0.3 is 0 Å². The number of rotatable bonds is 3. The largest absolute Gasteiger partial charge is 0.439 e. The zero-order chi connectivity index (χ0) is 18.4. The number of ether oxygens (including phenoxy) is 1. The summed E-state index contributed by atoms with van der Waals surface area (Å²) in [4.78, 5) is 6.58. The summed E-state index contributed by atoms with van der Waals surface area (Å²) in [5, 5.41) is 0.583. The topological polar surface area (TPSA) is 54.8 Å². The van der Waals surface area contributed by atoms with Crippen molar-refractivity contribution in [3.63, 3.8) is 0 Å². The number of amidine groups is 1. The zero-order valence-electron chi connectivity index (χ0n) is 14.8. The van der Waals surface area contributed by atoms with Crippen LogP contribution in [-0.4, -0.2) is 38.3 Å². The number of benzene rings is 1. The fourth-order valence-corrected chi connectivity index (χ4v) is 5.66. The summed E-state index contributed by atoms with van der Waals surface area (Å²) in [7, 11) is -1.09. The number of hydrogen-bond acceptors (Lipinski definition) is 4. The molecule has 7 heteroatoms. The van der Waals surface area contributed by atoms with Gasteiger partial charge in [-0.15, -0.1) is 0 Å². The molecule has 1 aliphatic carbocycles. The monoisotopic (exact) mass is 401 g/mol. The SMILES string of the molecule is O=S1CCN2C(=N1)C1(c3ccc(Oc4ccc(Cl)cn4)cc3)CCC2CC1. The molecule has 2 aromatic rings. The molecule has 0 radical (unpaired) electrons. The molecule has 0 spiro atoms. The minimum absolute atomic E-state index is 0.109. The van der Waals surface area contributed by atoms with Crippen LogP contribution in [0.5, 0.6) is 11.6 Å². The highest BCUT2D eigenvalue weighted by Crippen LogP contribution is 2.49. The first kappa shape index (κ1) is 17.2. The van der Waals surface area contributed by atoms with E-state index < -0.39 is 11.0 Å². The number of aromatic nitrogens is 1. The van der Waals surface area contributed by atoms with Gasteiger partial charge in [-0.3, -0.25) is 0 Å². The van der Waals surface area contributed by atoms with E-state index in [9.17, 15) is 4.21 Å². The van der Waals surface area contributed by atoms with Crippen molar-refractivity contribution in [3.8, 4) is 11.6 Å². The van der Waals surface area contributed by atoms with Gasteiger partial charge in [-0.25, -0.2) is 9.19 Å². The van der Waals surface area contributed by atoms with E-state index in [1.54, 1.807) is 18.3 Å². The predicted molar refractivity (Wildman–Crippen MR) is 107 cm³/mol. The Hall–Kier alpha value is -1.92. The van der Waals surface area contributed by atoms with E-state index in [2.05, 4.69) is 26.4 Å². The normalized spacial score (nSPS) is 29.2. The second kappa shape index (κ2) is 6.60. The molecule has 6 rings (SSSR count). The summed E-state index contributed by atoms with van der Waals surface area (Å²) in [6, 6.07) is 12.3. The molecule has 5 nitrogen and oxygen atoms in total. The quantitative estimate of drug-likeness (QED) is 0.777. The van der Waals surface area contributed by atoms with Crippen LogP contribution in [0.1, 0.15) is 31.2 Å². The van der Waals surface area contributed by atoms with Gasteiger partial charge in [0.25, 0.3) is 0 Å². The minimum Gasteiger partial charge on any atom is -0.439 e. The molecular weight excluding hydrogens is 382 g/mol. The third-order valence-electron chi connectivity index (χ3n) is 5.97. The Balaban J connectivity index is 1.45. The van der Waals surface area contributed by atoms with Gasteiger partial charge in [-0.1, -0.05) is 23.7 Å². The molecule has 27 heavy (non-hydrogen) atoms. The maximum Gasteiger partial charge on any atom is 0.219 e. The lowest BCUT2D eigenvalue weighted by molar-refractivity contribution is 0.152. The van der Waals surface area contributed by atoms with Crippen molar-refractivity contribution in [2.24, 2.45) is 4.40 Å². The molecule has 1 unspecified atom stereocenters. The van der Waals surface area contributed by atoms with Crippen LogP contribution in [0.2, 0.25) is 5.02 Å². The molecule has 3 fully saturated rings. The Bertz CT molecular complexity index is 906. The van der Waals surface area contributed by atoms with E-state index in [4.69, 9.17) is 16.3 Å². The number of nitrogens with zero attached hydrogens (tertiary/aromatic N) is 3.